The molecule has 0 aliphatic heterocycles. The van der Waals surface area contributed by atoms with E-state index in [4.69, 9.17) is 9.47 Å². The molecule has 130 valence electrons. The molecule has 0 N–H and O–H groups in total. The van der Waals surface area contributed by atoms with E-state index in [-0.39, 0.29) is 12.5 Å². The molecule has 2 rings (SSSR count). The number of hydrogen-bond donors (Lipinski definition) is 0. The van der Waals surface area contributed by atoms with Crippen LogP contribution in [0.15, 0.2) is 12.4 Å². The zero-order chi connectivity index (χ0) is 16.7. The standard InChI is InChI=1S/C17H29N3O3/c1-14-6-4-5-7-16(14)23-9-8-20(13-17(21)22-3)12-15-10-18-19(2)11-15/h10-11,14,16H,4-9,12-13H2,1-3H3/t14-,16+/m1/s1. The maximum absolute atomic E-state index is 11.6. The highest BCUT2D eigenvalue weighted by atomic mass is 16.5. The monoisotopic (exact) mass is 323 g/mol. The number of rotatable bonds is 8. The van der Waals surface area contributed by atoms with Gasteiger partial charge >= 0.3 is 5.97 Å². The Bertz CT molecular complexity index is 489. The van der Waals surface area contributed by atoms with E-state index in [1.165, 1.54) is 26.4 Å². The second-order valence-electron chi connectivity index (χ2n) is 6.48. The summed E-state index contributed by atoms with van der Waals surface area (Å²) in [7, 11) is 3.31. The van der Waals surface area contributed by atoms with E-state index in [2.05, 4.69) is 16.9 Å². The third-order valence-electron chi connectivity index (χ3n) is 4.52. The van der Waals surface area contributed by atoms with Crippen molar-refractivity contribution >= 4 is 5.97 Å². The van der Waals surface area contributed by atoms with Gasteiger partial charge in [-0.05, 0) is 18.8 Å². The maximum Gasteiger partial charge on any atom is 0.319 e. The van der Waals surface area contributed by atoms with Crippen molar-refractivity contribution in [1.82, 2.24) is 14.7 Å². The molecule has 1 fully saturated rings. The van der Waals surface area contributed by atoms with Gasteiger partial charge in [0, 0.05) is 31.9 Å². The van der Waals surface area contributed by atoms with Crippen LogP contribution in [-0.4, -0.2) is 53.6 Å². The van der Waals surface area contributed by atoms with Crippen molar-refractivity contribution in [2.75, 3.05) is 26.8 Å². The van der Waals surface area contributed by atoms with Crippen molar-refractivity contribution in [1.29, 1.82) is 0 Å². The van der Waals surface area contributed by atoms with Gasteiger partial charge in [0.25, 0.3) is 0 Å². The molecule has 0 saturated heterocycles. The van der Waals surface area contributed by atoms with E-state index in [1.807, 2.05) is 19.4 Å². The van der Waals surface area contributed by atoms with Crippen LogP contribution in [0.3, 0.4) is 0 Å². The molecule has 1 aliphatic carbocycles. The first-order valence-electron chi connectivity index (χ1n) is 8.46. The summed E-state index contributed by atoms with van der Waals surface area (Å²) in [4.78, 5) is 13.7. The SMILES string of the molecule is COC(=O)CN(CCO[C@H]1CCCC[C@H]1C)Cc1cnn(C)c1. The minimum absolute atomic E-state index is 0.222. The Morgan fingerprint density at radius 1 is 1.43 bits per heavy atom. The Balaban J connectivity index is 1.82. The number of carbonyl (C=O) groups is 1. The molecule has 23 heavy (non-hydrogen) atoms. The number of methoxy groups -OCH3 is 1. The van der Waals surface area contributed by atoms with Gasteiger partial charge in [0.05, 0.1) is 32.6 Å². The molecule has 1 saturated carbocycles. The van der Waals surface area contributed by atoms with Gasteiger partial charge < -0.3 is 9.47 Å². The molecular formula is C17H29N3O3. The van der Waals surface area contributed by atoms with E-state index in [0.717, 1.165) is 12.0 Å². The predicted molar refractivity (Wildman–Crippen MR) is 87.9 cm³/mol. The van der Waals surface area contributed by atoms with Gasteiger partial charge in [-0.3, -0.25) is 14.4 Å². The van der Waals surface area contributed by atoms with Crippen molar-refractivity contribution in [2.45, 2.75) is 45.3 Å². The first-order valence-corrected chi connectivity index (χ1v) is 8.46. The predicted octanol–water partition coefficient (Wildman–Crippen LogP) is 1.99. The largest absolute Gasteiger partial charge is 0.468 e. The third-order valence-corrected chi connectivity index (χ3v) is 4.52. The van der Waals surface area contributed by atoms with Crippen LogP contribution in [-0.2, 0) is 27.9 Å². The van der Waals surface area contributed by atoms with Crippen LogP contribution in [0.2, 0.25) is 0 Å². The first kappa shape index (κ1) is 17.9. The smallest absolute Gasteiger partial charge is 0.319 e. The summed E-state index contributed by atoms with van der Waals surface area (Å²) in [6, 6.07) is 0. The maximum atomic E-state index is 11.6. The number of ether oxygens (including phenoxy) is 2. The second-order valence-corrected chi connectivity index (χ2v) is 6.48. The van der Waals surface area contributed by atoms with Crippen molar-refractivity contribution in [3.05, 3.63) is 18.0 Å². The summed E-state index contributed by atoms with van der Waals surface area (Å²) in [5, 5.41) is 4.18. The third kappa shape index (κ3) is 5.95. The lowest BCUT2D eigenvalue weighted by Crippen LogP contribution is -2.35. The molecule has 0 radical (unpaired) electrons. The van der Waals surface area contributed by atoms with Crippen LogP contribution in [0.5, 0.6) is 0 Å². The van der Waals surface area contributed by atoms with Crippen molar-refractivity contribution < 1.29 is 14.3 Å². The zero-order valence-electron chi connectivity index (χ0n) is 14.5. The van der Waals surface area contributed by atoms with Crippen LogP contribution < -0.4 is 0 Å². The van der Waals surface area contributed by atoms with Gasteiger partial charge in [-0.15, -0.1) is 0 Å². The topological polar surface area (TPSA) is 56.6 Å². The summed E-state index contributed by atoms with van der Waals surface area (Å²) in [6.07, 6.45) is 9.14. The average molecular weight is 323 g/mol. The normalized spacial score (nSPS) is 21.6. The molecule has 1 aromatic heterocycles. The van der Waals surface area contributed by atoms with Crippen LogP contribution >= 0.6 is 0 Å². The number of aromatic nitrogens is 2. The lowest BCUT2D eigenvalue weighted by molar-refractivity contribution is -0.142. The van der Waals surface area contributed by atoms with E-state index in [0.29, 0.717) is 31.7 Å². The number of nitrogens with zero attached hydrogens (tertiary/aromatic N) is 3. The van der Waals surface area contributed by atoms with Crippen molar-refractivity contribution in [2.24, 2.45) is 13.0 Å². The quantitative estimate of drug-likeness (QED) is 0.685. The van der Waals surface area contributed by atoms with E-state index < -0.39 is 0 Å². The number of hydrogen-bond acceptors (Lipinski definition) is 5. The average Bonchev–Trinajstić information content (AvgIpc) is 2.94. The van der Waals surface area contributed by atoms with Crippen LogP contribution in [0.1, 0.15) is 38.2 Å². The van der Waals surface area contributed by atoms with E-state index in [9.17, 15) is 4.79 Å². The number of esters is 1. The Morgan fingerprint density at radius 2 is 2.22 bits per heavy atom. The lowest BCUT2D eigenvalue weighted by atomic mass is 9.88. The Labute approximate surface area is 138 Å². The highest BCUT2D eigenvalue weighted by Gasteiger charge is 2.22. The summed E-state index contributed by atoms with van der Waals surface area (Å²) < 4.78 is 12.6. The molecular weight excluding hydrogens is 294 g/mol. The van der Waals surface area contributed by atoms with Gasteiger partial charge in [0.1, 0.15) is 0 Å². The molecule has 1 aromatic rings. The van der Waals surface area contributed by atoms with Gasteiger partial charge in [-0.25, -0.2) is 0 Å². The van der Waals surface area contributed by atoms with Crippen LogP contribution in [0.4, 0.5) is 0 Å². The fraction of sp³-hybridized carbons (Fsp3) is 0.765. The molecule has 2 atom stereocenters. The van der Waals surface area contributed by atoms with Crippen LogP contribution in [0.25, 0.3) is 0 Å². The van der Waals surface area contributed by atoms with E-state index >= 15 is 0 Å². The summed E-state index contributed by atoms with van der Waals surface area (Å²) in [5.74, 6) is 0.413. The van der Waals surface area contributed by atoms with Gasteiger partial charge in [0.15, 0.2) is 0 Å². The zero-order valence-corrected chi connectivity index (χ0v) is 14.5. The molecule has 0 unspecified atom stereocenters. The summed E-state index contributed by atoms with van der Waals surface area (Å²) in [6.45, 7) is 4.58. The van der Waals surface area contributed by atoms with Gasteiger partial charge in [-0.1, -0.05) is 19.8 Å². The molecule has 0 spiro atoms. The molecule has 1 aliphatic rings. The fourth-order valence-corrected chi connectivity index (χ4v) is 3.14. The van der Waals surface area contributed by atoms with Crippen molar-refractivity contribution in [3.63, 3.8) is 0 Å². The highest BCUT2D eigenvalue weighted by molar-refractivity contribution is 5.71. The first-order chi connectivity index (χ1) is 11.1. The summed E-state index contributed by atoms with van der Waals surface area (Å²) >= 11 is 0. The minimum Gasteiger partial charge on any atom is -0.468 e. The molecule has 0 aromatic carbocycles. The Kier molecular flexibility index (Phi) is 7.05. The van der Waals surface area contributed by atoms with Crippen LogP contribution in [0, 0.1) is 5.92 Å². The second kappa shape index (κ2) is 9.03. The number of aryl methyl sites for hydroxylation is 1. The van der Waals surface area contributed by atoms with Gasteiger partial charge in [-0.2, -0.15) is 5.10 Å². The minimum atomic E-state index is -0.222. The molecule has 1 heterocycles. The van der Waals surface area contributed by atoms with Crippen molar-refractivity contribution in [3.8, 4) is 0 Å². The fourth-order valence-electron chi connectivity index (χ4n) is 3.14. The molecule has 0 bridgehead atoms. The molecule has 6 nitrogen and oxygen atoms in total. The van der Waals surface area contributed by atoms with Gasteiger partial charge in [0.2, 0.25) is 0 Å². The Hall–Kier alpha value is -1.40. The molecule has 6 heteroatoms. The molecule has 0 amide bonds. The number of carbonyl (C=O) groups excluding carboxylic acids is 1. The highest BCUT2D eigenvalue weighted by Crippen LogP contribution is 2.26. The Morgan fingerprint density at radius 3 is 2.87 bits per heavy atom. The van der Waals surface area contributed by atoms with E-state index in [1.54, 1.807) is 4.68 Å². The lowest BCUT2D eigenvalue weighted by Gasteiger charge is -2.30. The summed E-state index contributed by atoms with van der Waals surface area (Å²) in [5.41, 5.74) is 1.09.